The molecule has 2 unspecified atom stereocenters. The van der Waals surface area contributed by atoms with Gasteiger partial charge in [-0.15, -0.1) is 11.3 Å². The molecule has 1 fully saturated rings. The number of rotatable bonds is 6. The SMILES string of the molecule is CC1CC(CN)CN1C(=O)c1ccc(S(=O)(=O)NCc2cccs2)cc1. The maximum atomic E-state index is 12.7. The Kier molecular flexibility index (Phi) is 5.76. The van der Waals surface area contributed by atoms with Crippen LogP contribution in [0.1, 0.15) is 28.6 Å². The first-order valence-corrected chi connectivity index (χ1v) is 10.9. The minimum absolute atomic E-state index is 0.0797. The third kappa shape index (κ3) is 4.15. The molecular formula is C18H23N3O3S2. The Morgan fingerprint density at radius 1 is 1.31 bits per heavy atom. The maximum absolute atomic E-state index is 12.7. The molecule has 1 aromatic carbocycles. The van der Waals surface area contributed by atoms with Crippen molar-refractivity contribution in [2.24, 2.45) is 11.7 Å². The first-order valence-electron chi connectivity index (χ1n) is 8.54. The van der Waals surface area contributed by atoms with Gasteiger partial charge >= 0.3 is 0 Å². The zero-order valence-corrected chi connectivity index (χ0v) is 16.2. The molecule has 2 heterocycles. The number of carbonyl (C=O) groups is 1. The first-order chi connectivity index (χ1) is 12.4. The van der Waals surface area contributed by atoms with Crippen LogP contribution in [0.25, 0.3) is 0 Å². The van der Waals surface area contributed by atoms with Gasteiger partial charge in [0.1, 0.15) is 0 Å². The highest BCUT2D eigenvalue weighted by Gasteiger charge is 2.32. The fourth-order valence-corrected chi connectivity index (χ4v) is 4.94. The van der Waals surface area contributed by atoms with Gasteiger partial charge in [-0.05, 0) is 61.5 Å². The summed E-state index contributed by atoms with van der Waals surface area (Å²) in [6, 6.07) is 10.0. The highest BCUT2D eigenvalue weighted by atomic mass is 32.2. The van der Waals surface area contributed by atoms with E-state index in [9.17, 15) is 13.2 Å². The number of thiophene rings is 1. The second kappa shape index (κ2) is 7.87. The fourth-order valence-electron chi connectivity index (χ4n) is 3.20. The van der Waals surface area contributed by atoms with Crippen molar-refractivity contribution in [2.75, 3.05) is 13.1 Å². The van der Waals surface area contributed by atoms with E-state index in [0.717, 1.165) is 11.3 Å². The average Bonchev–Trinajstić information content (AvgIpc) is 3.29. The van der Waals surface area contributed by atoms with Crippen LogP contribution >= 0.6 is 11.3 Å². The average molecular weight is 394 g/mol. The predicted octanol–water partition coefficient (Wildman–Crippen LogP) is 2.04. The molecule has 2 aromatic rings. The number of hydrogen-bond acceptors (Lipinski definition) is 5. The van der Waals surface area contributed by atoms with Crippen molar-refractivity contribution in [3.8, 4) is 0 Å². The van der Waals surface area contributed by atoms with E-state index in [4.69, 9.17) is 5.73 Å². The Hall–Kier alpha value is -1.74. The summed E-state index contributed by atoms with van der Waals surface area (Å²) in [6.45, 7) is 3.49. The largest absolute Gasteiger partial charge is 0.336 e. The van der Waals surface area contributed by atoms with Gasteiger partial charge in [0.15, 0.2) is 0 Å². The Morgan fingerprint density at radius 2 is 2.04 bits per heavy atom. The van der Waals surface area contributed by atoms with Crippen LogP contribution in [0.5, 0.6) is 0 Å². The summed E-state index contributed by atoms with van der Waals surface area (Å²) in [6.07, 6.45) is 0.904. The summed E-state index contributed by atoms with van der Waals surface area (Å²) in [7, 11) is -3.61. The molecule has 26 heavy (non-hydrogen) atoms. The molecule has 1 saturated heterocycles. The second-order valence-corrected chi connectivity index (χ2v) is 9.37. The topological polar surface area (TPSA) is 92.5 Å². The summed E-state index contributed by atoms with van der Waals surface area (Å²) < 4.78 is 27.3. The van der Waals surface area contributed by atoms with Gasteiger partial charge < -0.3 is 10.6 Å². The molecular weight excluding hydrogens is 370 g/mol. The Labute approximate surface area is 158 Å². The van der Waals surface area contributed by atoms with Gasteiger partial charge in [-0.1, -0.05) is 6.07 Å². The van der Waals surface area contributed by atoms with Crippen LogP contribution in [0.3, 0.4) is 0 Å². The molecule has 3 rings (SSSR count). The van der Waals surface area contributed by atoms with E-state index in [1.165, 1.54) is 23.5 Å². The van der Waals surface area contributed by atoms with Gasteiger partial charge in [-0.25, -0.2) is 13.1 Å². The van der Waals surface area contributed by atoms with Gasteiger partial charge in [0.25, 0.3) is 5.91 Å². The molecule has 8 heteroatoms. The van der Waals surface area contributed by atoms with Crippen LogP contribution in [-0.4, -0.2) is 38.4 Å². The molecule has 2 atom stereocenters. The lowest BCUT2D eigenvalue weighted by molar-refractivity contribution is 0.0743. The van der Waals surface area contributed by atoms with Crippen molar-refractivity contribution in [1.29, 1.82) is 0 Å². The number of sulfonamides is 1. The predicted molar refractivity (Wildman–Crippen MR) is 102 cm³/mol. The summed E-state index contributed by atoms with van der Waals surface area (Å²) in [5, 5.41) is 1.90. The summed E-state index contributed by atoms with van der Waals surface area (Å²) >= 11 is 1.50. The molecule has 0 aliphatic carbocycles. The van der Waals surface area contributed by atoms with Crippen LogP contribution < -0.4 is 10.5 Å². The van der Waals surface area contributed by atoms with Gasteiger partial charge in [0.05, 0.1) is 4.90 Å². The normalized spacial score (nSPS) is 20.5. The van der Waals surface area contributed by atoms with E-state index >= 15 is 0 Å². The number of nitrogens with one attached hydrogen (secondary N) is 1. The van der Waals surface area contributed by atoms with E-state index in [1.807, 2.05) is 29.3 Å². The maximum Gasteiger partial charge on any atom is 0.254 e. The minimum Gasteiger partial charge on any atom is -0.336 e. The van der Waals surface area contributed by atoms with Crippen LogP contribution in [0, 0.1) is 5.92 Å². The number of carbonyl (C=O) groups excluding carboxylic acids is 1. The molecule has 6 nitrogen and oxygen atoms in total. The molecule has 1 amide bonds. The van der Waals surface area contributed by atoms with E-state index in [1.54, 1.807) is 12.1 Å². The van der Waals surface area contributed by atoms with Gasteiger partial charge in [0, 0.05) is 29.6 Å². The van der Waals surface area contributed by atoms with Crippen molar-refractivity contribution in [1.82, 2.24) is 9.62 Å². The standard InChI is InChI=1S/C18H23N3O3S2/c1-13-9-14(10-19)12-21(13)18(22)15-4-6-17(7-5-15)26(23,24)20-11-16-3-2-8-25-16/h2-8,13-14,20H,9-12,19H2,1H3. The smallest absolute Gasteiger partial charge is 0.254 e. The fraction of sp³-hybridized carbons (Fsp3) is 0.389. The highest BCUT2D eigenvalue weighted by Crippen LogP contribution is 2.24. The van der Waals surface area contributed by atoms with Crippen LogP contribution in [0.4, 0.5) is 0 Å². The third-order valence-electron chi connectivity index (χ3n) is 4.68. The molecule has 0 bridgehead atoms. The number of nitrogens with zero attached hydrogens (tertiary/aromatic N) is 1. The lowest BCUT2D eigenvalue weighted by atomic mass is 10.1. The van der Waals surface area contributed by atoms with E-state index in [-0.39, 0.29) is 23.4 Å². The van der Waals surface area contributed by atoms with Crippen LogP contribution in [-0.2, 0) is 16.6 Å². The monoisotopic (exact) mass is 393 g/mol. The number of nitrogens with two attached hydrogens (primary N) is 1. The van der Waals surface area contributed by atoms with E-state index in [2.05, 4.69) is 4.72 Å². The number of likely N-dealkylation sites (tertiary alicyclic amines) is 1. The molecule has 0 spiro atoms. The van der Waals surface area contributed by atoms with E-state index < -0.39 is 10.0 Å². The van der Waals surface area contributed by atoms with Gasteiger partial charge in [0.2, 0.25) is 10.0 Å². The third-order valence-corrected chi connectivity index (χ3v) is 6.98. The van der Waals surface area contributed by atoms with Crippen molar-refractivity contribution in [2.45, 2.75) is 30.8 Å². The van der Waals surface area contributed by atoms with Crippen molar-refractivity contribution in [3.63, 3.8) is 0 Å². The van der Waals surface area contributed by atoms with Crippen molar-refractivity contribution in [3.05, 3.63) is 52.2 Å². The van der Waals surface area contributed by atoms with Crippen molar-refractivity contribution >= 4 is 27.3 Å². The molecule has 0 radical (unpaired) electrons. The van der Waals surface area contributed by atoms with Crippen LogP contribution in [0.15, 0.2) is 46.7 Å². The minimum atomic E-state index is -3.61. The quantitative estimate of drug-likeness (QED) is 0.785. The summed E-state index contributed by atoms with van der Waals surface area (Å²) in [5.41, 5.74) is 6.21. The van der Waals surface area contributed by atoms with E-state index in [0.29, 0.717) is 24.6 Å². The number of benzene rings is 1. The molecule has 1 aliphatic rings. The second-order valence-electron chi connectivity index (χ2n) is 6.57. The lowest BCUT2D eigenvalue weighted by Gasteiger charge is -2.21. The van der Waals surface area contributed by atoms with Gasteiger partial charge in [-0.3, -0.25) is 4.79 Å². The Bertz CT molecular complexity index is 848. The highest BCUT2D eigenvalue weighted by molar-refractivity contribution is 7.89. The summed E-state index contributed by atoms with van der Waals surface area (Å²) in [4.78, 5) is 15.6. The van der Waals surface area contributed by atoms with Gasteiger partial charge in [-0.2, -0.15) is 0 Å². The molecule has 1 aromatic heterocycles. The number of hydrogen-bond donors (Lipinski definition) is 2. The lowest BCUT2D eigenvalue weighted by Crippen LogP contribution is -2.34. The molecule has 3 N–H and O–H groups in total. The van der Waals surface area contributed by atoms with Crippen LogP contribution in [0.2, 0.25) is 0 Å². The molecule has 140 valence electrons. The molecule has 0 saturated carbocycles. The van der Waals surface area contributed by atoms with Crippen molar-refractivity contribution < 1.29 is 13.2 Å². The summed E-state index contributed by atoms with van der Waals surface area (Å²) in [5.74, 6) is 0.249. The Morgan fingerprint density at radius 3 is 2.62 bits per heavy atom. The molecule has 1 aliphatic heterocycles. The number of amides is 1. The Balaban J connectivity index is 1.68. The zero-order valence-electron chi connectivity index (χ0n) is 14.6. The first kappa shape index (κ1) is 19.0. The zero-order chi connectivity index (χ0) is 18.7.